The number of aryl methyl sites for hydroxylation is 2. The largest absolute Gasteiger partial charge is 0.510 e. The van der Waals surface area contributed by atoms with Gasteiger partial charge in [0.2, 0.25) is 0 Å². The van der Waals surface area contributed by atoms with Gasteiger partial charge in [0.1, 0.15) is 21.3 Å². The first-order valence-corrected chi connectivity index (χ1v) is 17.9. The predicted molar refractivity (Wildman–Crippen MR) is 191 cm³/mol. The molecule has 52 heavy (non-hydrogen) atoms. The number of carbonyl (C=O) groups excluding carboxylic acids is 2. The highest BCUT2D eigenvalue weighted by molar-refractivity contribution is 7.86. The molecule has 4 aromatic rings. The molecular weight excluding hydrogens is 717 g/mol. The summed E-state index contributed by atoms with van der Waals surface area (Å²) in [6.45, 7) is 5.25. The van der Waals surface area contributed by atoms with E-state index >= 15 is 0 Å². The monoisotopic (exact) mass is 748 g/mol. The maximum Gasteiger partial charge on any atom is 0.295 e. The number of anilines is 2. The molecule has 2 amide bonds. The molecule has 4 rings (SSSR count). The van der Waals surface area contributed by atoms with Gasteiger partial charge >= 0.3 is 0 Å². The van der Waals surface area contributed by atoms with E-state index in [9.17, 15) is 45.7 Å². The van der Waals surface area contributed by atoms with Crippen LogP contribution in [0.4, 0.5) is 22.7 Å². The standard InChI is InChI=1S/C34H32N6O10S2/c1-19-15-25(29(51(45,46)47)17-27(19)37-39-31(21(3)41)33(43)35-23-11-7-5-8-12-23)26-16-20(2)28(18-30(26)52(48,49)50)38-40-32(22(4)42)34(44)36-24-13-9-6-10-14-24/h5-18,41-42H,1-4H3,(H,35,43)(H,36,44)(H,45,46,47)(H,48,49,50). The van der Waals surface area contributed by atoms with Crippen molar-refractivity contribution in [2.75, 3.05) is 10.6 Å². The molecule has 0 spiro atoms. The van der Waals surface area contributed by atoms with Crippen molar-refractivity contribution in [1.82, 2.24) is 0 Å². The SMILES string of the molecule is CC(O)=C(N=Nc1cc(S(=O)(=O)O)c(-c2cc(C)c(N=NC(C(=O)Nc3ccccc3)=C(C)O)cc2S(=O)(=O)O)cc1C)C(=O)Nc1ccccc1. The van der Waals surface area contributed by atoms with E-state index in [-0.39, 0.29) is 33.6 Å². The van der Waals surface area contributed by atoms with Crippen LogP contribution in [-0.4, -0.2) is 48.0 Å². The van der Waals surface area contributed by atoms with Crippen LogP contribution in [0.15, 0.2) is 138 Å². The lowest BCUT2D eigenvalue weighted by Crippen LogP contribution is -2.14. The maximum atomic E-state index is 12.8. The van der Waals surface area contributed by atoms with E-state index in [0.717, 1.165) is 24.3 Å². The molecule has 0 saturated carbocycles. The molecule has 0 fully saturated rings. The molecule has 16 nitrogen and oxygen atoms in total. The molecule has 0 unspecified atom stereocenters. The summed E-state index contributed by atoms with van der Waals surface area (Å²) in [6, 6.07) is 20.5. The number of azo groups is 2. The van der Waals surface area contributed by atoms with Crippen molar-refractivity contribution in [2.24, 2.45) is 20.5 Å². The highest BCUT2D eigenvalue weighted by Crippen LogP contribution is 2.40. The van der Waals surface area contributed by atoms with Crippen LogP contribution < -0.4 is 10.6 Å². The Bertz CT molecular complexity index is 2220. The zero-order chi connectivity index (χ0) is 38.4. The Balaban J connectivity index is 1.79. The Morgan fingerprint density at radius 2 is 0.904 bits per heavy atom. The van der Waals surface area contributed by atoms with Crippen molar-refractivity contribution < 1.29 is 45.7 Å². The van der Waals surface area contributed by atoms with Crippen molar-refractivity contribution in [2.45, 2.75) is 37.5 Å². The van der Waals surface area contributed by atoms with Gasteiger partial charge in [0.25, 0.3) is 32.1 Å². The third-order valence-corrected chi connectivity index (χ3v) is 8.92. The Kier molecular flexibility index (Phi) is 11.8. The summed E-state index contributed by atoms with van der Waals surface area (Å²) in [5.41, 5.74) is -1.02. The molecule has 0 aromatic heterocycles. The summed E-state index contributed by atoms with van der Waals surface area (Å²) >= 11 is 0. The van der Waals surface area contributed by atoms with E-state index in [4.69, 9.17) is 0 Å². The van der Waals surface area contributed by atoms with E-state index in [2.05, 4.69) is 31.1 Å². The first-order chi connectivity index (χ1) is 24.4. The minimum absolute atomic E-state index is 0.171. The Morgan fingerprint density at radius 3 is 1.19 bits per heavy atom. The predicted octanol–water partition coefficient (Wildman–Crippen LogP) is 7.49. The highest BCUT2D eigenvalue weighted by atomic mass is 32.2. The summed E-state index contributed by atoms with van der Waals surface area (Å²) in [5, 5.41) is 40.7. The number of nitrogens with one attached hydrogen (secondary N) is 2. The minimum atomic E-state index is -5.12. The van der Waals surface area contributed by atoms with Gasteiger partial charge in [0.15, 0.2) is 11.4 Å². The number of amides is 2. The molecule has 18 heteroatoms. The second-order valence-corrected chi connectivity index (χ2v) is 13.9. The van der Waals surface area contributed by atoms with Crippen LogP contribution in [0.5, 0.6) is 0 Å². The van der Waals surface area contributed by atoms with E-state index in [1.165, 1.54) is 27.7 Å². The van der Waals surface area contributed by atoms with Gasteiger partial charge in [-0.05, 0) is 87.4 Å². The molecule has 270 valence electrons. The maximum absolute atomic E-state index is 12.8. The zero-order valence-electron chi connectivity index (χ0n) is 27.9. The molecule has 0 radical (unpaired) electrons. The molecule has 0 saturated heterocycles. The number of nitrogens with zero attached hydrogens (tertiary/aromatic N) is 4. The fraction of sp³-hybridized carbons (Fsp3) is 0.118. The number of carbonyl (C=O) groups is 2. The second kappa shape index (κ2) is 15.9. The van der Waals surface area contributed by atoms with Crippen LogP contribution in [0.25, 0.3) is 11.1 Å². The van der Waals surface area contributed by atoms with Gasteiger partial charge in [-0.1, -0.05) is 36.4 Å². The third kappa shape index (κ3) is 9.58. The number of aliphatic hydroxyl groups excluding tert-OH is 2. The van der Waals surface area contributed by atoms with Crippen LogP contribution in [-0.2, 0) is 29.8 Å². The van der Waals surface area contributed by atoms with Gasteiger partial charge in [-0.25, -0.2) is 0 Å². The quantitative estimate of drug-likeness (QED) is 0.0381. The van der Waals surface area contributed by atoms with Crippen LogP contribution in [0, 0.1) is 13.8 Å². The first-order valence-electron chi connectivity index (χ1n) is 15.0. The van der Waals surface area contributed by atoms with E-state index in [0.29, 0.717) is 11.4 Å². The van der Waals surface area contributed by atoms with Gasteiger partial charge < -0.3 is 20.8 Å². The summed E-state index contributed by atoms with van der Waals surface area (Å²) in [5.74, 6) is -2.70. The van der Waals surface area contributed by atoms with Gasteiger partial charge in [-0.15, -0.1) is 20.5 Å². The van der Waals surface area contributed by atoms with Crippen LogP contribution in [0.1, 0.15) is 25.0 Å². The number of allylic oxidation sites excluding steroid dienone is 2. The normalized spacial score (nSPS) is 13.1. The summed E-state index contributed by atoms with van der Waals surface area (Å²) in [7, 11) is -10.2. The molecule has 0 atom stereocenters. The zero-order valence-corrected chi connectivity index (χ0v) is 29.6. The lowest BCUT2D eigenvalue weighted by atomic mass is 9.99. The smallest absolute Gasteiger partial charge is 0.295 e. The second-order valence-electron chi connectivity index (χ2n) is 11.1. The van der Waals surface area contributed by atoms with Crippen molar-refractivity contribution in [1.29, 1.82) is 0 Å². The molecule has 4 aromatic carbocycles. The van der Waals surface area contributed by atoms with Gasteiger partial charge in [0, 0.05) is 22.5 Å². The molecule has 0 heterocycles. The van der Waals surface area contributed by atoms with E-state index in [1.54, 1.807) is 60.7 Å². The molecule has 0 aliphatic heterocycles. The Hall–Kier alpha value is -6.08. The van der Waals surface area contributed by atoms with Crippen LogP contribution in [0.2, 0.25) is 0 Å². The number of hydrogen-bond donors (Lipinski definition) is 6. The fourth-order valence-corrected chi connectivity index (χ4v) is 6.03. The van der Waals surface area contributed by atoms with Crippen molar-refractivity contribution >= 4 is 54.8 Å². The van der Waals surface area contributed by atoms with Crippen molar-refractivity contribution in [3.63, 3.8) is 0 Å². The van der Waals surface area contributed by atoms with Gasteiger partial charge in [-0.3, -0.25) is 18.7 Å². The first kappa shape index (κ1) is 38.7. The molecular formula is C34H32N6O10S2. The molecule has 0 aliphatic carbocycles. The Labute approximate surface area is 298 Å². The summed E-state index contributed by atoms with van der Waals surface area (Å²) in [6.07, 6.45) is 0. The average molecular weight is 749 g/mol. The lowest BCUT2D eigenvalue weighted by molar-refractivity contribution is -0.113. The van der Waals surface area contributed by atoms with Crippen LogP contribution in [0.3, 0.4) is 0 Å². The number of aliphatic hydroxyl groups is 2. The fourth-order valence-electron chi connectivity index (χ4n) is 4.61. The highest BCUT2D eigenvalue weighted by Gasteiger charge is 2.26. The van der Waals surface area contributed by atoms with Crippen molar-refractivity contribution in [3.05, 3.63) is 119 Å². The van der Waals surface area contributed by atoms with Gasteiger partial charge in [-0.2, -0.15) is 16.8 Å². The summed E-state index contributed by atoms with van der Waals surface area (Å²) < 4.78 is 71.0. The topological polar surface area (TPSA) is 257 Å². The average Bonchev–Trinajstić information content (AvgIpc) is 3.05. The lowest BCUT2D eigenvalue weighted by Gasteiger charge is -2.15. The molecule has 6 N–H and O–H groups in total. The number of hydrogen-bond acceptors (Lipinski definition) is 12. The number of para-hydroxylation sites is 2. The minimum Gasteiger partial charge on any atom is -0.510 e. The number of benzene rings is 4. The molecule has 0 bridgehead atoms. The van der Waals surface area contributed by atoms with Gasteiger partial charge in [0.05, 0.1) is 11.4 Å². The van der Waals surface area contributed by atoms with Crippen LogP contribution >= 0.6 is 0 Å². The summed E-state index contributed by atoms with van der Waals surface area (Å²) in [4.78, 5) is 23.9. The van der Waals surface area contributed by atoms with E-state index in [1.807, 2.05) is 0 Å². The molecule has 0 aliphatic rings. The third-order valence-electron chi connectivity index (χ3n) is 7.14. The number of rotatable bonds is 11. The van der Waals surface area contributed by atoms with E-state index < -0.39 is 64.8 Å². The van der Waals surface area contributed by atoms with Crippen molar-refractivity contribution in [3.8, 4) is 11.1 Å². The Morgan fingerprint density at radius 1 is 0.577 bits per heavy atom.